The van der Waals surface area contributed by atoms with Crippen molar-refractivity contribution >= 4 is 51.1 Å². The number of halogens is 2. The molecule has 0 spiro atoms. The number of esters is 2. The van der Waals surface area contributed by atoms with Gasteiger partial charge >= 0.3 is 11.9 Å². The maximum Gasteiger partial charge on any atom is 0.339 e. The Bertz CT molecular complexity index is 1060. The van der Waals surface area contributed by atoms with E-state index in [-0.39, 0.29) is 23.1 Å². The third kappa shape index (κ3) is 6.83. The third-order valence-electron chi connectivity index (χ3n) is 6.13. The minimum Gasteiger partial charge on any atom is -0.458 e. The van der Waals surface area contributed by atoms with Gasteiger partial charge < -0.3 is 14.8 Å². The number of hydrogen-bond acceptors (Lipinski definition) is 5. The number of carbonyl (C=O) groups is 3. The van der Waals surface area contributed by atoms with E-state index in [1.165, 1.54) is 12.1 Å². The molecule has 0 aromatic heterocycles. The van der Waals surface area contributed by atoms with E-state index >= 15 is 0 Å². The molecule has 0 radical (unpaired) electrons. The van der Waals surface area contributed by atoms with Crippen molar-refractivity contribution in [2.45, 2.75) is 46.1 Å². The van der Waals surface area contributed by atoms with E-state index in [4.69, 9.17) is 21.1 Å². The lowest BCUT2D eigenvalue weighted by molar-refractivity contribution is -0.119. The molecular formula is C26H29BrClNO5. The molecule has 0 bridgehead atoms. The van der Waals surface area contributed by atoms with Gasteiger partial charge in [0.2, 0.25) is 0 Å². The Kier molecular flexibility index (Phi) is 9.14. The van der Waals surface area contributed by atoms with Gasteiger partial charge in [0.25, 0.3) is 5.91 Å². The lowest BCUT2D eigenvalue weighted by Gasteiger charge is -2.36. The minimum absolute atomic E-state index is 0.0620. The summed E-state index contributed by atoms with van der Waals surface area (Å²) in [7, 11) is 0. The van der Waals surface area contributed by atoms with E-state index in [9.17, 15) is 14.4 Å². The van der Waals surface area contributed by atoms with E-state index in [1.807, 2.05) is 0 Å². The molecule has 3 rings (SSSR count). The maximum atomic E-state index is 13.0. The average Bonchev–Trinajstić information content (AvgIpc) is 2.79. The van der Waals surface area contributed by atoms with Crippen LogP contribution >= 0.6 is 27.5 Å². The Morgan fingerprint density at radius 1 is 1.09 bits per heavy atom. The summed E-state index contributed by atoms with van der Waals surface area (Å²) in [6.07, 6.45) is 2.74. The molecule has 3 atom stereocenters. The highest BCUT2D eigenvalue weighted by atomic mass is 79.9. The molecule has 1 saturated carbocycles. The Hall–Kier alpha value is -2.38. The molecule has 6 nitrogen and oxygen atoms in total. The lowest BCUT2D eigenvalue weighted by Crippen LogP contribution is -2.36. The quantitative estimate of drug-likeness (QED) is 0.397. The zero-order chi connectivity index (χ0) is 24.8. The molecule has 0 unspecified atom stereocenters. The van der Waals surface area contributed by atoms with Crippen LogP contribution in [0.4, 0.5) is 5.69 Å². The van der Waals surface area contributed by atoms with Gasteiger partial charge in [-0.25, -0.2) is 9.59 Å². The van der Waals surface area contributed by atoms with Crippen molar-refractivity contribution in [3.8, 4) is 0 Å². The fraction of sp³-hybridized carbons (Fsp3) is 0.423. The summed E-state index contributed by atoms with van der Waals surface area (Å²) in [6.45, 7) is 5.91. The van der Waals surface area contributed by atoms with E-state index in [2.05, 4.69) is 42.0 Å². The summed E-state index contributed by atoms with van der Waals surface area (Å²) in [6, 6.07) is 11.3. The second kappa shape index (κ2) is 11.8. The highest BCUT2D eigenvalue weighted by Crippen LogP contribution is 2.36. The van der Waals surface area contributed by atoms with Gasteiger partial charge in [-0.15, -0.1) is 0 Å². The fourth-order valence-corrected chi connectivity index (χ4v) is 5.00. The second-order valence-corrected chi connectivity index (χ2v) is 10.4. The second-order valence-electron chi connectivity index (χ2n) is 9.06. The summed E-state index contributed by atoms with van der Waals surface area (Å²) >= 11 is 9.40. The van der Waals surface area contributed by atoms with Crippen LogP contribution in [0, 0.1) is 17.8 Å². The van der Waals surface area contributed by atoms with Crippen LogP contribution in [-0.2, 0) is 14.3 Å². The maximum absolute atomic E-state index is 13.0. The molecule has 182 valence electrons. The van der Waals surface area contributed by atoms with Gasteiger partial charge in [-0.05, 0) is 60.9 Å². The molecule has 0 saturated heterocycles. The van der Waals surface area contributed by atoms with Crippen molar-refractivity contribution in [2.75, 3.05) is 11.9 Å². The van der Waals surface area contributed by atoms with E-state index in [0.717, 1.165) is 23.7 Å². The van der Waals surface area contributed by atoms with E-state index in [0.29, 0.717) is 22.5 Å². The molecule has 8 heteroatoms. The molecule has 1 aliphatic carbocycles. The molecule has 0 heterocycles. The van der Waals surface area contributed by atoms with Crippen LogP contribution in [-0.4, -0.2) is 30.6 Å². The van der Waals surface area contributed by atoms with Gasteiger partial charge in [0.15, 0.2) is 6.61 Å². The van der Waals surface area contributed by atoms with E-state index < -0.39 is 24.5 Å². The molecule has 2 aromatic carbocycles. The zero-order valence-corrected chi connectivity index (χ0v) is 21.8. The number of amides is 1. The van der Waals surface area contributed by atoms with Crippen LogP contribution < -0.4 is 5.32 Å². The molecule has 34 heavy (non-hydrogen) atoms. The van der Waals surface area contributed by atoms with Crippen molar-refractivity contribution in [3.05, 3.63) is 63.1 Å². The van der Waals surface area contributed by atoms with Crippen LogP contribution in [0.1, 0.15) is 60.7 Å². The number of benzene rings is 2. The van der Waals surface area contributed by atoms with Crippen LogP contribution in [0.3, 0.4) is 0 Å². The zero-order valence-electron chi connectivity index (χ0n) is 19.5. The first-order valence-corrected chi connectivity index (χ1v) is 12.5. The Morgan fingerprint density at radius 3 is 2.41 bits per heavy atom. The third-order valence-corrected chi connectivity index (χ3v) is 6.93. The SMILES string of the molecule is CC(C)[C@H]1CC[C@@H](C)C[C@H]1OC(=O)c1ccccc1C(=O)OCC(=O)Nc1ccc(Br)cc1Cl. The predicted octanol–water partition coefficient (Wildman–Crippen LogP) is 6.52. The number of hydrogen-bond donors (Lipinski definition) is 1. The summed E-state index contributed by atoms with van der Waals surface area (Å²) in [5.41, 5.74) is 0.591. The standard InChI is InChI=1S/C26H29BrClNO5/c1-15(2)18-10-8-16(3)12-23(18)34-26(32)20-7-5-4-6-19(20)25(31)33-14-24(30)29-22-11-9-17(27)13-21(22)28/h4-7,9,11,13,15-16,18,23H,8,10,12,14H2,1-3H3,(H,29,30)/t16-,18-,23-/m1/s1. The van der Waals surface area contributed by atoms with Crippen LogP contribution in [0.5, 0.6) is 0 Å². The van der Waals surface area contributed by atoms with Crippen molar-refractivity contribution in [2.24, 2.45) is 17.8 Å². The monoisotopic (exact) mass is 549 g/mol. The van der Waals surface area contributed by atoms with Crippen molar-refractivity contribution in [1.29, 1.82) is 0 Å². The largest absolute Gasteiger partial charge is 0.458 e. The molecule has 1 aliphatic rings. The number of anilines is 1. The molecule has 0 aliphatic heterocycles. The summed E-state index contributed by atoms with van der Waals surface area (Å²) in [4.78, 5) is 38.0. The van der Waals surface area contributed by atoms with Crippen molar-refractivity contribution in [3.63, 3.8) is 0 Å². The first-order valence-electron chi connectivity index (χ1n) is 11.4. The van der Waals surface area contributed by atoms with Gasteiger partial charge in [0.1, 0.15) is 6.10 Å². The smallest absolute Gasteiger partial charge is 0.339 e. The summed E-state index contributed by atoms with van der Waals surface area (Å²) in [5.74, 6) is -0.721. The Balaban J connectivity index is 1.65. The van der Waals surface area contributed by atoms with E-state index in [1.54, 1.807) is 30.3 Å². The van der Waals surface area contributed by atoms with Crippen LogP contribution in [0.2, 0.25) is 5.02 Å². The van der Waals surface area contributed by atoms with Gasteiger partial charge in [0.05, 0.1) is 21.8 Å². The van der Waals surface area contributed by atoms with Gasteiger partial charge in [-0.3, -0.25) is 4.79 Å². The topological polar surface area (TPSA) is 81.7 Å². The summed E-state index contributed by atoms with van der Waals surface area (Å²) in [5, 5.41) is 2.94. The minimum atomic E-state index is -0.776. The predicted molar refractivity (Wildman–Crippen MR) is 135 cm³/mol. The highest BCUT2D eigenvalue weighted by molar-refractivity contribution is 9.10. The first kappa shape index (κ1) is 26.2. The number of carbonyl (C=O) groups excluding carboxylic acids is 3. The number of ether oxygens (including phenoxy) is 2. The number of rotatable bonds is 7. The Morgan fingerprint density at radius 2 is 1.76 bits per heavy atom. The first-order chi connectivity index (χ1) is 16.2. The fourth-order valence-electron chi connectivity index (χ4n) is 4.28. The normalized spacial score (nSPS) is 20.0. The Labute approximate surface area is 213 Å². The summed E-state index contributed by atoms with van der Waals surface area (Å²) < 4.78 is 11.8. The van der Waals surface area contributed by atoms with Gasteiger partial charge in [-0.1, -0.05) is 66.9 Å². The van der Waals surface area contributed by atoms with Gasteiger partial charge in [0, 0.05) is 4.47 Å². The van der Waals surface area contributed by atoms with Crippen molar-refractivity contribution < 1.29 is 23.9 Å². The lowest BCUT2D eigenvalue weighted by atomic mass is 9.75. The van der Waals surface area contributed by atoms with Crippen LogP contribution in [0.25, 0.3) is 0 Å². The van der Waals surface area contributed by atoms with Crippen molar-refractivity contribution in [1.82, 2.24) is 0 Å². The van der Waals surface area contributed by atoms with Crippen LogP contribution in [0.15, 0.2) is 46.9 Å². The number of nitrogens with one attached hydrogen (secondary N) is 1. The average molecular weight is 551 g/mol. The molecule has 1 fully saturated rings. The molecule has 2 aromatic rings. The molecule has 1 amide bonds. The molecule has 1 N–H and O–H groups in total. The van der Waals surface area contributed by atoms with Gasteiger partial charge in [-0.2, -0.15) is 0 Å². The molecular weight excluding hydrogens is 522 g/mol. The highest BCUT2D eigenvalue weighted by Gasteiger charge is 2.34.